The summed E-state index contributed by atoms with van der Waals surface area (Å²) < 4.78 is 16.0. The lowest BCUT2D eigenvalue weighted by Crippen LogP contribution is -2.52. The lowest BCUT2D eigenvalue weighted by atomic mass is 9.84. The summed E-state index contributed by atoms with van der Waals surface area (Å²) >= 11 is 0. The third kappa shape index (κ3) is 6.54. The van der Waals surface area contributed by atoms with Gasteiger partial charge in [0.1, 0.15) is 11.6 Å². The number of aromatic nitrogens is 1. The van der Waals surface area contributed by atoms with Gasteiger partial charge in [-0.15, -0.1) is 0 Å². The van der Waals surface area contributed by atoms with Gasteiger partial charge in [-0.25, -0.2) is 9.78 Å². The van der Waals surface area contributed by atoms with Crippen LogP contribution in [0.2, 0.25) is 0 Å². The molecule has 2 aromatic rings. The standard InChI is InChI=1S/C24H31N3O6/c28-18(15-22-25-19-8-4-5-9-21(19)33-22)16-32-24(30)26-20(14-17-6-2-1-3-7-17)23(29)27-10-12-31-13-11-27/h4-5,8-9,17,20H,1-3,6-7,10-16H2,(H,26,30)/t20-/m0/s1. The van der Waals surface area contributed by atoms with Gasteiger partial charge < -0.3 is 24.1 Å². The Bertz CT molecular complexity index is 929. The molecule has 1 saturated heterocycles. The van der Waals surface area contributed by atoms with Crippen molar-refractivity contribution >= 4 is 28.9 Å². The van der Waals surface area contributed by atoms with Gasteiger partial charge in [0.15, 0.2) is 18.0 Å². The van der Waals surface area contributed by atoms with Crippen LogP contribution in [0.15, 0.2) is 28.7 Å². The number of carbonyl (C=O) groups is 3. The van der Waals surface area contributed by atoms with Crippen molar-refractivity contribution in [3.8, 4) is 0 Å². The highest BCUT2D eigenvalue weighted by Crippen LogP contribution is 2.28. The van der Waals surface area contributed by atoms with Crippen molar-refractivity contribution in [1.82, 2.24) is 15.2 Å². The van der Waals surface area contributed by atoms with E-state index in [1.807, 2.05) is 12.1 Å². The maximum atomic E-state index is 13.1. The summed E-state index contributed by atoms with van der Waals surface area (Å²) in [5.74, 6) is 0.233. The van der Waals surface area contributed by atoms with Crippen molar-refractivity contribution in [2.45, 2.75) is 51.0 Å². The van der Waals surface area contributed by atoms with Gasteiger partial charge >= 0.3 is 6.09 Å². The summed E-state index contributed by atoms with van der Waals surface area (Å²) in [6.45, 7) is 1.61. The van der Waals surface area contributed by atoms with E-state index in [-0.39, 0.29) is 24.0 Å². The molecule has 9 heteroatoms. The smallest absolute Gasteiger partial charge is 0.408 e. The number of alkyl carbamates (subject to hydrolysis) is 1. The number of hydrogen-bond acceptors (Lipinski definition) is 7. The highest BCUT2D eigenvalue weighted by molar-refractivity contribution is 5.87. The molecule has 2 fully saturated rings. The molecule has 0 bridgehead atoms. The van der Waals surface area contributed by atoms with Crippen molar-refractivity contribution in [3.05, 3.63) is 30.2 Å². The first-order valence-corrected chi connectivity index (χ1v) is 11.7. The van der Waals surface area contributed by atoms with E-state index in [4.69, 9.17) is 13.9 Å². The summed E-state index contributed by atoms with van der Waals surface area (Å²) in [5.41, 5.74) is 1.28. The fourth-order valence-corrected chi connectivity index (χ4v) is 4.53. The molecular weight excluding hydrogens is 426 g/mol. The maximum Gasteiger partial charge on any atom is 0.408 e. The molecule has 4 rings (SSSR count). The average molecular weight is 458 g/mol. The summed E-state index contributed by atoms with van der Waals surface area (Å²) in [6.07, 6.45) is 5.40. The minimum absolute atomic E-state index is 0.0693. The molecule has 2 heterocycles. The number of benzene rings is 1. The number of rotatable bonds is 8. The molecule has 1 aliphatic heterocycles. The van der Waals surface area contributed by atoms with Crippen molar-refractivity contribution in [2.75, 3.05) is 32.9 Å². The molecule has 0 radical (unpaired) electrons. The molecule has 1 aliphatic carbocycles. The number of ketones is 1. The second kappa shape index (κ2) is 11.3. The van der Waals surface area contributed by atoms with E-state index in [0.29, 0.717) is 49.7 Å². The first kappa shape index (κ1) is 23.2. The summed E-state index contributed by atoms with van der Waals surface area (Å²) in [4.78, 5) is 43.8. The van der Waals surface area contributed by atoms with Crippen molar-refractivity contribution < 1.29 is 28.3 Å². The third-order valence-corrected chi connectivity index (χ3v) is 6.26. The first-order chi connectivity index (χ1) is 16.1. The van der Waals surface area contributed by atoms with Crippen molar-refractivity contribution in [2.24, 2.45) is 5.92 Å². The van der Waals surface area contributed by atoms with Crippen LogP contribution in [0.5, 0.6) is 0 Å². The summed E-state index contributed by atoms with van der Waals surface area (Å²) in [6, 6.07) is 6.58. The second-order valence-corrected chi connectivity index (χ2v) is 8.74. The minimum atomic E-state index is -0.761. The highest BCUT2D eigenvalue weighted by Gasteiger charge is 2.30. The van der Waals surface area contributed by atoms with Gasteiger partial charge in [0.05, 0.1) is 19.6 Å². The Labute approximate surface area is 192 Å². The van der Waals surface area contributed by atoms with E-state index in [9.17, 15) is 14.4 Å². The van der Waals surface area contributed by atoms with Crippen LogP contribution in [0.4, 0.5) is 4.79 Å². The van der Waals surface area contributed by atoms with E-state index < -0.39 is 18.7 Å². The van der Waals surface area contributed by atoms with Gasteiger partial charge in [-0.2, -0.15) is 0 Å². The molecule has 1 N–H and O–H groups in total. The maximum absolute atomic E-state index is 13.1. The molecule has 2 amide bonds. The Morgan fingerprint density at radius 1 is 1.12 bits per heavy atom. The quantitative estimate of drug-likeness (QED) is 0.649. The van der Waals surface area contributed by atoms with Crippen LogP contribution in [-0.4, -0.2) is 66.6 Å². The van der Waals surface area contributed by atoms with E-state index in [1.165, 1.54) is 6.42 Å². The molecule has 2 aliphatic rings. The zero-order valence-electron chi connectivity index (χ0n) is 18.8. The number of para-hydroxylation sites is 2. The zero-order valence-corrected chi connectivity index (χ0v) is 18.8. The molecule has 0 spiro atoms. The number of Topliss-reactive ketones (excluding diaryl/α,β-unsaturated/α-hetero) is 1. The van der Waals surface area contributed by atoms with Gasteiger partial charge in [-0.1, -0.05) is 44.2 Å². The van der Waals surface area contributed by atoms with Gasteiger partial charge in [-0.3, -0.25) is 9.59 Å². The average Bonchev–Trinajstić information content (AvgIpc) is 3.25. The number of carbonyl (C=O) groups excluding carboxylic acids is 3. The van der Waals surface area contributed by atoms with Gasteiger partial charge in [0, 0.05) is 13.1 Å². The first-order valence-electron chi connectivity index (χ1n) is 11.7. The van der Waals surface area contributed by atoms with Crippen LogP contribution in [0.3, 0.4) is 0 Å². The zero-order chi connectivity index (χ0) is 23.0. The summed E-state index contributed by atoms with van der Waals surface area (Å²) in [7, 11) is 0. The topological polar surface area (TPSA) is 111 Å². The molecule has 33 heavy (non-hydrogen) atoms. The van der Waals surface area contributed by atoms with Crippen LogP contribution < -0.4 is 5.32 Å². The Morgan fingerprint density at radius 3 is 2.64 bits per heavy atom. The molecule has 1 aromatic heterocycles. The van der Waals surface area contributed by atoms with Crippen LogP contribution in [-0.2, 0) is 25.5 Å². The van der Waals surface area contributed by atoms with Crippen LogP contribution in [0, 0.1) is 5.92 Å². The van der Waals surface area contributed by atoms with E-state index in [1.54, 1.807) is 17.0 Å². The van der Waals surface area contributed by atoms with Gasteiger partial charge in [-0.05, 0) is 24.5 Å². The number of oxazole rings is 1. The van der Waals surface area contributed by atoms with Crippen LogP contribution in [0.25, 0.3) is 11.1 Å². The fraction of sp³-hybridized carbons (Fsp3) is 0.583. The number of hydrogen-bond donors (Lipinski definition) is 1. The SMILES string of the molecule is O=C(COC(=O)N[C@@H](CC1CCCCC1)C(=O)N1CCOCC1)Cc1nc2ccccc2o1. The fourth-order valence-electron chi connectivity index (χ4n) is 4.53. The van der Waals surface area contributed by atoms with Gasteiger partial charge in [0.2, 0.25) is 11.8 Å². The largest absolute Gasteiger partial charge is 0.442 e. The normalized spacial score (nSPS) is 18.1. The predicted molar refractivity (Wildman–Crippen MR) is 120 cm³/mol. The van der Waals surface area contributed by atoms with E-state index in [0.717, 1.165) is 25.7 Å². The second-order valence-electron chi connectivity index (χ2n) is 8.74. The molecule has 178 valence electrons. The number of fused-ring (bicyclic) bond motifs is 1. The summed E-state index contributed by atoms with van der Waals surface area (Å²) in [5, 5.41) is 2.72. The number of nitrogens with zero attached hydrogens (tertiary/aromatic N) is 2. The lowest BCUT2D eigenvalue weighted by Gasteiger charge is -2.32. The van der Waals surface area contributed by atoms with E-state index in [2.05, 4.69) is 10.3 Å². The Hall–Kier alpha value is -2.94. The lowest BCUT2D eigenvalue weighted by molar-refractivity contribution is -0.138. The minimum Gasteiger partial charge on any atom is -0.442 e. The van der Waals surface area contributed by atoms with Crippen LogP contribution in [0.1, 0.15) is 44.4 Å². The molecule has 9 nitrogen and oxygen atoms in total. The number of nitrogens with one attached hydrogen (secondary N) is 1. The molecule has 1 atom stereocenters. The number of ether oxygens (including phenoxy) is 2. The monoisotopic (exact) mass is 457 g/mol. The Kier molecular flexibility index (Phi) is 7.93. The van der Waals surface area contributed by atoms with Crippen LogP contribution >= 0.6 is 0 Å². The van der Waals surface area contributed by atoms with E-state index >= 15 is 0 Å². The number of amides is 2. The Morgan fingerprint density at radius 2 is 1.88 bits per heavy atom. The molecule has 0 unspecified atom stereocenters. The highest BCUT2D eigenvalue weighted by atomic mass is 16.6. The van der Waals surface area contributed by atoms with Gasteiger partial charge in [0.25, 0.3) is 0 Å². The Balaban J connectivity index is 1.30. The molecule has 1 saturated carbocycles. The number of morpholine rings is 1. The van der Waals surface area contributed by atoms with Crippen molar-refractivity contribution in [3.63, 3.8) is 0 Å². The molecular formula is C24H31N3O6. The van der Waals surface area contributed by atoms with Crippen molar-refractivity contribution in [1.29, 1.82) is 0 Å². The molecule has 1 aromatic carbocycles. The third-order valence-electron chi connectivity index (χ3n) is 6.26. The predicted octanol–water partition coefficient (Wildman–Crippen LogP) is 2.86.